The van der Waals surface area contributed by atoms with Crippen LogP contribution in [0.25, 0.3) is 0 Å². The summed E-state index contributed by atoms with van der Waals surface area (Å²) < 4.78 is 0. The Hall–Kier alpha value is -1.28. The van der Waals surface area contributed by atoms with Crippen molar-refractivity contribution in [3.05, 3.63) is 131 Å². The van der Waals surface area contributed by atoms with Crippen molar-refractivity contribution in [2.45, 2.75) is 18.8 Å². The first kappa shape index (κ1) is 27.7. The predicted octanol–water partition coefficient (Wildman–Crippen LogP) is -2.87. The Balaban J connectivity index is 0.00000196. The van der Waals surface area contributed by atoms with E-state index < -0.39 is 0 Å². The van der Waals surface area contributed by atoms with Crippen LogP contribution >= 0.6 is 0 Å². The van der Waals surface area contributed by atoms with Crippen LogP contribution in [-0.2, 0) is 28.1 Å². The molecule has 4 heteroatoms. The number of benzene rings is 3. The van der Waals surface area contributed by atoms with Gasteiger partial charge in [0.25, 0.3) is 0 Å². The van der Waals surface area contributed by atoms with Crippen molar-refractivity contribution < 1.29 is 58.9 Å². The van der Waals surface area contributed by atoms with Crippen molar-refractivity contribution in [3.63, 3.8) is 0 Å². The molecule has 3 aromatic carbocycles. The van der Waals surface area contributed by atoms with Crippen LogP contribution in [0.15, 0.2) is 108 Å². The van der Waals surface area contributed by atoms with Crippen LogP contribution in [0.2, 0.25) is 0 Å². The Bertz CT molecular complexity index is 852. The van der Waals surface area contributed by atoms with Gasteiger partial charge in [0, 0.05) is 5.92 Å². The second kappa shape index (κ2) is 13.9. The van der Waals surface area contributed by atoms with Gasteiger partial charge in [0.05, 0.1) is 0 Å². The van der Waals surface area contributed by atoms with E-state index in [-0.39, 0.29) is 64.9 Å². The van der Waals surface area contributed by atoms with E-state index in [1.807, 2.05) is 0 Å². The summed E-state index contributed by atoms with van der Waals surface area (Å²) >= 11 is 0. The van der Waals surface area contributed by atoms with Crippen molar-refractivity contribution in [2.24, 2.45) is 0 Å². The quantitative estimate of drug-likeness (QED) is 0.275. The summed E-state index contributed by atoms with van der Waals surface area (Å²) in [7, 11) is 0. The molecule has 0 spiro atoms. The van der Waals surface area contributed by atoms with Crippen molar-refractivity contribution in [1.82, 2.24) is 0 Å². The second-order valence-corrected chi connectivity index (χ2v) is 6.50. The van der Waals surface area contributed by atoms with Gasteiger partial charge >= 0.3 is 21.7 Å². The molecule has 4 rings (SSSR count). The summed E-state index contributed by atoms with van der Waals surface area (Å²) in [5.74, 6) is 0.284. The van der Waals surface area contributed by atoms with E-state index in [1.54, 1.807) is 0 Å². The first-order chi connectivity index (χ1) is 12.4. The standard InChI is InChI=1S/C25H21.3ClH.Ti/c1-4-10-20(11-5-1)18-21-16-17-24(19-21)25(22-12-6-2-7-13-22)23-14-8-3-9-15-23;;;;/h1-16,25H,17-18H2;3*1H;/q-1;;;;+4/p-3. The first-order valence-electron chi connectivity index (χ1n) is 8.86. The van der Waals surface area contributed by atoms with Crippen molar-refractivity contribution in [2.75, 3.05) is 0 Å². The van der Waals surface area contributed by atoms with Crippen LogP contribution in [0, 0.1) is 6.08 Å². The van der Waals surface area contributed by atoms with Crippen LogP contribution in [0.4, 0.5) is 0 Å². The van der Waals surface area contributed by atoms with Gasteiger partial charge in [0.1, 0.15) is 0 Å². The molecule has 0 heterocycles. The van der Waals surface area contributed by atoms with E-state index in [1.165, 1.54) is 27.8 Å². The summed E-state index contributed by atoms with van der Waals surface area (Å²) in [6, 6.07) is 32.2. The normalized spacial score (nSPS) is 11.8. The zero-order valence-corrected chi connectivity index (χ0v) is 19.7. The molecule has 3 aromatic rings. The molecule has 0 bridgehead atoms. The van der Waals surface area contributed by atoms with Gasteiger partial charge in [-0.1, -0.05) is 97.4 Å². The molecule has 0 saturated carbocycles. The third-order valence-corrected chi connectivity index (χ3v) is 4.74. The number of hydrogen-bond acceptors (Lipinski definition) is 0. The fraction of sp³-hybridized carbons (Fsp3) is 0.120. The molecule has 0 aliphatic heterocycles. The van der Waals surface area contributed by atoms with Crippen LogP contribution in [-0.4, -0.2) is 0 Å². The fourth-order valence-corrected chi connectivity index (χ4v) is 3.55. The van der Waals surface area contributed by atoms with E-state index in [2.05, 4.69) is 103 Å². The zero-order valence-electron chi connectivity index (χ0n) is 15.9. The van der Waals surface area contributed by atoms with Crippen LogP contribution < -0.4 is 37.2 Å². The average molecular weight is 476 g/mol. The zero-order chi connectivity index (χ0) is 16.9. The first-order valence-corrected chi connectivity index (χ1v) is 8.86. The molecule has 1 aliphatic rings. The van der Waals surface area contributed by atoms with Gasteiger partial charge in [-0.25, -0.2) is 17.7 Å². The molecular formula is C25H21Cl3Ti. The Kier molecular flexibility index (Phi) is 13.2. The molecule has 0 radical (unpaired) electrons. The van der Waals surface area contributed by atoms with Crippen molar-refractivity contribution in [3.8, 4) is 0 Å². The van der Waals surface area contributed by atoms with E-state index >= 15 is 0 Å². The Labute approximate surface area is 207 Å². The van der Waals surface area contributed by atoms with Gasteiger partial charge in [0.2, 0.25) is 0 Å². The largest absolute Gasteiger partial charge is 4.00 e. The van der Waals surface area contributed by atoms with Crippen LogP contribution in [0.1, 0.15) is 29.0 Å². The maximum Gasteiger partial charge on any atom is 4.00 e. The number of halogens is 3. The van der Waals surface area contributed by atoms with Crippen LogP contribution in [0.5, 0.6) is 0 Å². The van der Waals surface area contributed by atoms with E-state index in [9.17, 15) is 0 Å². The third kappa shape index (κ3) is 7.17. The van der Waals surface area contributed by atoms with Gasteiger partial charge in [-0.15, -0.1) is 0 Å². The Morgan fingerprint density at radius 2 is 1.10 bits per heavy atom. The third-order valence-electron chi connectivity index (χ3n) is 4.74. The molecule has 0 N–H and O–H groups in total. The minimum absolute atomic E-state index is 0. The molecule has 29 heavy (non-hydrogen) atoms. The Morgan fingerprint density at radius 3 is 1.59 bits per heavy atom. The monoisotopic (exact) mass is 474 g/mol. The minimum atomic E-state index is 0. The van der Waals surface area contributed by atoms with E-state index in [0.29, 0.717) is 0 Å². The number of allylic oxidation sites excluding steroid dienone is 4. The number of rotatable bonds is 5. The van der Waals surface area contributed by atoms with E-state index in [0.717, 1.165) is 12.8 Å². The molecule has 146 valence electrons. The molecule has 1 aliphatic carbocycles. The molecule has 0 aromatic heterocycles. The van der Waals surface area contributed by atoms with Gasteiger partial charge < -0.3 is 37.2 Å². The summed E-state index contributed by atoms with van der Waals surface area (Å²) in [5, 5.41) is 0. The maximum absolute atomic E-state index is 3.71. The van der Waals surface area contributed by atoms with Crippen molar-refractivity contribution >= 4 is 0 Å². The van der Waals surface area contributed by atoms with Crippen LogP contribution in [0.3, 0.4) is 0 Å². The van der Waals surface area contributed by atoms with Gasteiger partial charge in [-0.05, 0) is 23.1 Å². The Morgan fingerprint density at radius 1 is 0.655 bits per heavy atom. The van der Waals surface area contributed by atoms with Gasteiger partial charge in [0.15, 0.2) is 0 Å². The summed E-state index contributed by atoms with van der Waals surface area (Å²) in [6.07, 6.45) is 7.99. The molecule has 0 unspecified atom stereocenters. The van der Waals surface area contributed by atoms with Gasteiger partial charge in [-0.3, -0.25) is 0 Å². The second-order valence-electron chi connectivity index (χ2n) is 6.50. The minimum Gasteiger partial charge on any atom is -1.00 e. The summed E-state index contributed by atoms with van der Waals surface area (Å²) in [4.78, 5) is 0. The number of hydrogen-bond donors (Lipinski definition) is 0. The molecular weight excluding hydrogens is 455 g/mol. The SMILES string of the molecule is [C-]1=C(C(c2ccccc2)c2ccccc2)CC=C1Cc1ccccc1.[Cl-].[Cl-].[Cl-].[Ti+4]. The summed E-state index contributed by atoms with van der Waals surface area (Å²) in [5.41, 5.74) is 6.69. The van der Waals surface area contributed by atoms with Crippen molar-refractivity contribution in [1.29, 1.82) is 0 Å². The average Bonchev–Trinajstić information content (AvgIpc) is 3.12. The summed E-state index contributed by atoms with van der Waals surface area (Å²) in [6.45, 7) is 0. The topological polar surface area (TPSA) is 0 Å². The molecule has 0 atom stereocenters. The molecule has 0 nitrogen and oxygen atoms in total. The molecule has 0 amide bonds. The predicted molar refractivity (Wildman–Crippen MR) is 104 cm³/mol. The maximum atomic E-state index is 3.71. The fourth-order valence-electron chi connectivity index (χ4n) is 3.55. The molecule has 0 saturated heterocycles. The smallest absolute Gasteiger partial charge is 1.00 e. The van der Waals surface area contributed by atoms with E-state index in [4.69, 9.17) is 0 Å². The molecule has 0 fully saturated rings. The van der Waals surface area contributed by atoms with Gasteiger partial charge in [-0.2, -0.15) is 5.57 Å².